The average Bonchev–Trinajstić information content (AvgIpc) is 2.34. The van der Waals surface area contributed by atoms with Gasteiger partial charge in [0.05, 0.1) is 6.10 Å². The summed E-state index contributed by atoms with van der Waals surface area (Å²) in [7, 11) is 0. The molecule has 0 aliphatic carbocycles. The first-order valence-electron chi connectivity index (χ1n) is 6.39. The van der Waals surface area contributed by atoms with Crippen LogP contribution in [0.2, 0.25) is 0 Å². The van der Waals surface area contributed by atoms with E-state index in [0.29, 0.717) is 24.8 Å². The fraction of sp³-hybridized carbons (Fsp3) is 0.500. The molecule has 0 saturated heterocycles. The smallest absolute Gasteiger partial charge is 0.342 e. The number of phenols is 1. The fourth-order valence-corrected chi connectivity index (χ4v) is 2.32. The molecule has 1 aromatic carbocycles. The highest BCUT2D eigenvalue weighted by Gasteiger charge is 2.35. The number of esters is 1. The predicted molar refractivity (Wildman–Crippen MR) is 67.8 cm³/mol. The number of phenolic OH excluding ortho intramolecular Hbond substituents is 1. The molecule has 1 aliphatic heterocycles. The molecule has 19 heavy (non-hydrogen) atoms. The van der Waals surface area contributed by atoms with Gasteiger partial charge in [0.1, 0.15) is 23.5 Å². The Balaban J connectivity index is 2.13. The van der Waals surface area contributed by atoms with E-state index < -0.39 is 24.3 Å². The standard InChI is InChI=1S/C14H18O5/c1-8(15)4-2-7-11-13(17)9-5-3-6-10(16)12(9)14(18)19-11/h3,5-6,8,11,13,15-17H,2,4,7H2,1H3. The lowest BCUT2D eigenvalue weighted by atomic mass is 9.92. The molecule has 3 N–H and O–H groups in total. The van der Waals surface area contributed by atoms with E-state index in [1.54, 1.807) is 19.1 Å². The highest BCUT2D eigenvalue weighted by molar-refractivity contribution is 5.95. The van der Waals surface area contributed by atoms with Crippen molar-refractivity contribution in [2.45, 2.75) is 44.5 Å². The quantitative estimate of drug-likeness (QED) is 0.719. The minimum atomic E-state index is -0.936. The van der Waals surface area contributed by atoms with Crippen molar-refractivity contribution >= 4 is 5.97 Å². The third-order valence-corrected chi connectivity index (χ3v) is 3.32. The number of aliphatic hydroxyl groups is 2. The first kappa shape index (κ1) is 13.8. The zero-order valence-electron chi connectivity index (χ0n) is 10.7. The van der Waals surface area contributed by atoms with Gasteiger partial charge >= 0.3 is 5.97 Å². The maximum absolute atomic E-state index is 11.8. The van der Waals surface area contributed by atoms with Crippen LogP contribution in [0.4, 0.5) is 0 Å². The molecule has 0 bridgehead atoms. The molecule has 0 saturated carbocycles. The van der Waals surface area contributed by atoms with Gasteiger partial charge in [0.25, 0.3) is 0 Å². The van der Waals surface area contributed by atoms with Crippen molar-refractivity contribution in [2.75, 3.05) is 0 Å². The van der Waals surface area contributed by atoms with Gasteiger partial charge in [-0.25, -0.2) is 4.79 Å². The van der Waals surface area contributed by atoms with Crippen LogP contribution in [0.25, 0.3) is 0 Å². The van der Waals surface area contributed by atoms with Crippen LogP contribution in [0.3, 0.4) is 0 Å². The highest BCUT2D eigenvalue weighted by Crippen LogP contribution is 2.35. The summed E-state index contributed by atoms with van der Waals surface area (Å²) in [5.41, 5.74) is 0.445. The SMILES string of the molecule is CC(O)CCCC1OC(=O)c2c(O)cccc2C1O. The number of cyclic esters (lactones) is 1. The monoisotopic (exact) mass is 266 g/mol. The van der Waals surface area contributed by atoms with E-state index in [2.05, 4.69) is 0 Å². The van der Waals surface area contributed by atoms with E-state index in [9.17, 15) is 20.1 Å². The van der Waals surface area contributed by atoms with Crippen molar-refractivity contribution in [2.24, 2.45) is 0 Å². The summed E-state index contributed by atoms with van der Waals surface area (Å²) >= 11 is 0. The Morgan fingerprint density at radius 3 is 2.84 bits per heavy atom. The van der Waals surface area contributed by atoms with E-state index in [-0.39, 0.29) is 11.3 Å². The molecule has 0 aromatic heterocycles. The van der Waals surface area contributed by atoms with E-state index in [0.717, 1.165) is 0 Å². The van der Waals surface area contributed by atoms with Crippen molar-refractivity contribution < 1.29 is 24.9 Å². The predicted octanol–water partition coefficient (Wildman–Crippen LogP) is 1.52. The lowest BCUT2D eigenvalue weighted by Crippen LogP contribution is -2.32. The van der Waals surface area contributed by atoms with E-state index in [4.69, 9.17) is 4.74 Å². The van der Waals surface area contributed by atoms with Crippen molar-refractivity contribution in [1.29, 1.82) is 0 Å². The second-order valence-electron chi connectivity index (χ2n) is 4.91. The van der Waals surface area contributed by atoms with Crippen LogP contribution in [0.1, 0.15) is 48.2 Å². The maximum Gasteiger partial charge on any atom is 0.342 e. The Kier molecular flexibility index (Phi) is 4.07. The topological polar surface area (TPSA) is 87.0 Å². The van der Waals surface area contributed by atoms with Crippen LogP contribution in [-0.2, 0) is 4.74 Å². The molecule has 2 rings (SSSR count). The highest BCUT2D eigenvalue weighted by atomic mass is 16.6. The van der Waals surface area contributed by atoms with Crippen LogP contribution >= 0.6 is 0 Å². The molecule has 0 fully saturated rings. The Labute approximate surface area is 111 Å². The van der Waals surface area contributed by atoms with Gasteiger partial charge in [-0.1, -0.05) is 12.1 Å². The summed E-state index contributed by atoms with van der Waals surface area (Å²) in [6.07, 6.45) is -0.247. The van der Waals surface area contributed by atoms with Gasteiger partial charge in [-0.15, -0.1) is 0 Å². The zero-order valence-corrected chi connectivity index (χ0v) is 10.7. The molecular weight excluding hydrogens is 248 g/mol. The summed E-state index contributed by atoms with van der Waals surface area (Å²) in [6, 6.07) is 4.59. The van der Waals surface area contributed by atoms with Crippen molar-refractivity contribution in [1.82, 2.24) is 0 Å². The van der Waals surface area contributed by atoms with Gasteiger partial charge in [-0.05, 0) is 32.3 Å². The van der Waals surface area contributed by atoms with Crippen LogP contribution < -0.4 is 0 Å². The van der Waals surface area contributed by atoms with Gasteiger partial charge < -0.3 is 20.1 Å². The van der Waals surface area contributed by atoms with Crippen molar-refractivity contribution in [3.8, 4) is 5.75 Å². The molecule has 1 heterocycles. The Bertz CT molecular complexity index is 469. The Morgan fingerprint density at radius 2 is 2.16 bits per heavy atom. The third-order valence-electron chi connectivity index (χ3n) is 3.32. The van der Waals surface area contributed by atoms with Crippen molar-refractivity contribution in [3.05, 3.63) is 29.3 Å². The molecule has 3 unspecified atom stereocenters. The molecule has 0 radical (unpaired) electrons. The van der Waals surface area contributed by atoms with Gasteiger partial charge in [0.2, 0.25) is 0 Å². The Hall–Kier alpha value is -1.59. The minimum absolute atomic E-state index is 0.0433. The zero-order chi connectivity index (χ0) is 14.0. The summed E-state index contributed by atoms with van der Waals surface area (Å²) in [4.78, 5) is 11.8. The normalized spacial score (nSPS) is 23.6. The second-order valence-corrected chi connectivity index (χ2v) is 4.91. The van der Waals surface area contributed by atoms with Gasteiger partial charge in [0, 0.05) is 5.56 Å². The van der Waals surface area contributed by atoms with Gasteiger partial charge in [-0.3, -0.25) is 0 Å². The number of fused-ring (bicyclic) bond motifs is 1. The molecule has 3 atom stereocenters. The number of aromatic hydroxyl groups is 1. The average molecular weight is 266 g/mol. The van der Waals surface area contributed by atoms with Crippen LogP contribution in [-0.4, -0.2) is 33.5 Å². The van der Waals surface area contributed by atoms with Crippen LogP contribution in [0, 0.1) is 0 Å². The number of carbonyl (C=O) groups excluding carboxylic acids is 1. The number of aliphatic hydroxyl groups excluding tert-OH is 2. The number of hydrogen-bond acceptors (Lipinski definition) is 5. The second kappa shape index (κ2) is 5.59. The molecule has 104 valence electrons. The molecule has 5 heteroatoms. The van der Waals surface area contributed by atoms with E-state index in [1.807, 2.05) is 0 Å². The minimum Gasteiger partial charge on any atom is -0.507 e. The lowest BCUT2D eigenvalue weighted by Gasteiger charge is -2.30. The maximum atomic E-state index is 11.8. The molecular formula is C14H18O5. The van der Waals surface area contributed by atoms with Crippen LogP contribution in [0.15, 0.2) is 18.2 Å². The molecule has 5 nitrogen and oxygen atoms in total. The molecule has 0 amide bonds. The Morgan fingerprint density at radius 1 is 1.42 bits per heavy atom. The van der Waals surface area contributed by atoms with Gasteiger partial charge in [0.15, 0.2) is 0 Å². The molecule has 1 aliphatic rings. The number of benzene rings is 1. The number of ether oxygens (including phenoxy) is 1. The summed E-state index contributed by atoms with van der Waals surface area (Å²) in [5.74, 6) is -0.788. The summed E-state index contributed by atoms with van der Waals surface area (Å²) in [6.45, 7) is 1.69. The number of rotatable bonds is 4. The first-order valence-corrected chi connectivity index (χ1v) is 6.39. The summed E-state index contributed by atoms with van der Waals surface area (Å²) < 4.78 is 5.16. The largest absolute Gasteiger partial charge is 0.507 e. The lowest BCUT2D eigenvalue weighted by molar-refractivity contribution is -0.0341. The van der Waals surface area contributed by atoms with E-state index in [1.165, 1.54) is 6.07 Å². The number of hydrogen-bond donors (Lipinski definition) is 3. The first-order chi connectivity index (χ1) is 9.00. The number of carbonyl (C=O) groups is 1. The summed E-state index contributed by atoms with van der Waals surface area (Å²) in [5, 5.41) is 29.0. The molecule has 0 spiro atoms. The van der Waals surface area contributed by atoms with E-state index >= 15 is 0 Å². The van der Waals surface area contributed by atoms with Gasteiger partial charge in [-0.2, -0.15) is 0 Å². The fourth-order valence-electron chi connectivity index (χ4n) is 2.32. The molecule has 1 aromatic rings. The van der Waals surface area contributed by atoms with Crippen molar-refractivity contribution in [3.63, 3.8) is 0 Å². The van der Waals surface area contributed by atoms with Crippen LogP contribution in [0.5, 0.6) is 5.75 Å². The third kappa shape index (κ3) is 2.88.